The number of nitrogens with one attached hydrogen (secondary N) is 1. The molecule has 4 aromatic rings. The van der Waals surface area contributed by atoms with Crippen LogP contribution in [-0.2, 0) is 0 Å². The summed E-state index contributed by atoms with van der Waals surface area (Å²) in [6.07, 6.45) is 0. The zero-order valence-electron chi connectivity index (χ0n) is 15.3. The van der Waals surface area contributed by atoms with E-state index in [0.29, 0.717) is 28.2 Å². The largest absolute Gasteiger partial charge is 0.507 e. The molecule has 0 unspecified atom stereocenters. The molecule has 0 spiro atoms. The van der Waals surface area contributed by atoms with Crippen molar-refractivity contribution >= 4 is 22.7 Å². The smallest absolute Gasteiger partial charge is 0.255 e. The van der Waals surface area contributed by atoms with E-state index in [9.17, 15) is 14.3 Å². The number of rotatable bonds is 3. The van der Waals surface area contributed by atoms with Crippen molar-refractivity contribution in [2.45, 2.75) is 13.8 Å². The Morgan fingerprint density at radius 3 is 2.61 bits per heavy atom. The number of nitrogens with zero attached hydrogens (tertiary/aromatic N) is 1. The highest BCUT2D eigenvalue weighted by molar-refractivity contribution is 6.04. The van der Waals surface area contributed by atoms with Gasteiger partial charge in [-0.3, -0.25) is 4.79 Å². The number of benzene rings is 3. The predicted molar refractivity (Wildman–Crippen MR) is 105 cm³/mol. The van der Waals surface area contributed by atoms with Gasteiger partial charge in [0.25, 0.3) is 5.91 Å². The van der Waals surface area contributed by atoms with Gasteiger partial charge in [0.2, 0.25) is 5.89 Å². The Kier molecular flexibility index (Phi) is 4.31. The van der Waals surface area contributed by atoms with Crippen LogP contribution in [-0.4, -0.2) is 16.0 Å². The summed E-state index contributed by atoms with van der Waals surface area (Å²) >= 11 is 0. The van der Waals surface area contributed by atoms with E-state index in [-0.39, 0.29) is 11.3 Å². The molecule has 0 radical (unpaired) electrons. The molecule has 0 aliphatic rings. The average molecular weight is 376 g/mol. The molecule has 0 aliphatic carbocycles. The molecule has 3 aromatic carbocycles. The van der Waals surface area contributed by atoms with Crippen molar-refractivity contribution in [2.24, 2.45) is 0 Å². The van der Waals surface area contributed by atoms with Crippen molar-refractivity contribution in [3.8, 4) is 17.2 Å². The van der Waals surface area contributed by atoms with Gasteiger partial charge in [-0.1, -0.05) is 6.07 Å². The minimum absolute atomic E-state index is 0.0861. The van der Waals surface area contributed by atoms with Crippen molar-refractivity contribution in [3.05, 3.63) is 77.1 Å². The maximum atomic E-state index is 13.3. The van der Waals surface area contributed by atoms with Crippen LogP contribution < -0.4 is 5.32 Å². The highest BCUT2D eigenvalue weighted by atomic mass is 19.1. The van der Waals surface area contributed by atoms with Gasteiger partial charge in [0, 0.05) is 17.3 Å². The fourth-order valence-electron chi connectivity index (χ4n) is 2.92. The summed E-state index contributed by atoms with van der Waals surface area (Å²) in [4.78, 5) is 16.7. The number of fused-ring (bicyclic) bond motifs is 1. The van der Waals surface area contributed by atoms with E-state index in [1.54, 1.807) is 12.1 Å². The molecule has 0 bridgehead atoms. The molecule has 1 amide bonds. The molecule has 6 heteroatoms. The van der Waals surface area contributed by atoms with Crippen LogP contribution in [0.5, 0.6) is 5.75 Å². The van der Waals surface area contributed by atoms with Crippen molar-refractivity contribution in [1.29, 1.82) is 0 Å². The molecular formula is C22H17FN2O3. The zero-order valence-corrected chi connectivity index (χ0v) is 15.3. The van der Waals surface area contributed by atoms with Crippen molar-refractivity contribution in [2.75, 3.05) is 5.32 Å². The molecule has 2 N–H and O–H groups in total. The number of carbonyl (C=O) groups is 1. The Bertz CT molecular complexity index is 1170. The number of aromatic nitrogens is 1. The van der Waals surface area contributed by atoms with Crippen LogP contribution in [0, 0.1) is 19.7 Å². The lowest BCUT2D eigenvalue weighted by atomic mass is 10.1. The summed E-state index contributed by atoms with van der Waals surface area (Å²) in [6, 6.07) is 13.9. The monoisotopic (exact) mass is 376 g/mol. The second-order valence-corrected chi connectivity index (χ2v) is 6.62. The van der Waals surface area contributed by atoms with Gasteiger partial charge in [-0.2, -0.15) is 0 Å². The van der Waals surface area contributed by atoms with Gasteiger partial charge in [-0.05, 0) is 67.4 Å². The Balaban J connectivity index is 1.62. The highest BCUT2D eigenvalue weighted by Crippen LogP contribution is 2.33. The fraction of sp³-hybridized carbons (Fsp3) is 0.0909. The molecule has 28 heavy (non-hydrogen) atoms. The molecule has 0 saturated heterocycles. The van der Waals surface area contributed by atoms with Crippen LogP contribution in [0.15, 0.2) is 59.0 Å². The van der Waals surface area contributed by atoms with Gasteiger partial charge >= 0.3 is 0 Å². The summed E-state index contributed by atoms with van der Waals surface area (Å²) in [5.74, 6) is -0.760. The van der Waals surface area contributed by atoms with Crippen molar-refractivity contribution < 1.29 is 18.7 Å². The molecule has 5 nitrogen and oxygen atoms in total. The van der Waals surface area contributed by atoms with E-state index in [1.165, 1.54) is 24.3 Å². The van der Waals surface area contributed by atoms with E-state index >= 15 is 0 Å². The molecule has 1 aromatic heterocycles. The minimum atomic E-state index is -0.493. The number of anilines is 1. The van der Waals surface area contributed by atoms with Crippen LogP contribution in [0.2, 0.25) is 0 Å². The lowest BCUT2D eigenvalue weighted by molar-refractivity contribution is 0.102. The van der Waals surface area contributed by atoms with Crippen molar-refractivity contribution in [1.82, 2.24) is 4.98 Å². The Labute approximate surface area is 160 Å². The summed E-state index contributed by atoms with van der Waals surface area (Å²) < 4.78 is 19.0. The summed E-state index contributed by atoms with van der Waals surface area (Å²) in [7, 11) is 0. The normalized spacial score (nSPS) is 11.0. The number of phenolic OH excluding ortho intramolecular Hbond substituents is 1. The number of carbonyl (C=O) groups excluding carboxylic acids is 1. The van der Waals surface area contributed by atoms with Gasteiger partial charge in [-0.25, -0.2) is 9.37 Å². The number of oxazole rings is 1. The minimum Gasteiger partial charge on any atom is -0.507 e. The van der Waals surface area contributed by atoms with Crippen LogP contribution >= 0.6 is 0 Å². The summed E-state index contributed by atoms with van der Waals surface area (Å²) in [6.45, 7) is 3.99. The number of phenols is 1. The Hall–Kier alpha value is -3.67. The fourth-order valence-corrected chi connectivity index (χ4v) is 2.92. The van der Waals surface area contributed by atoms with Crippen LogP contribution in [0.25, 0.3) is 22.6 Å². The lowest BCUT2D eigenvalue weighted by Crippen LogP contribution is -2.11. The standard InChI is InChI=1S/C22H17FN2O3/c1-12-8-18-20(9-13(12)2)28-22(25-18)17-7-6-16(11-19(17)26)24-21(27)14-4-3-5-15(23)10-14/h3-11,26H,1-2H3,(H,24,27). The maximum absolute atomic E-state index is 13.3. The number of aryl methyl sites for hydroxylation is 2. The number of hydrogen-bond acceptors (Lipinski definition) is 4. The second-order valence-electron chi connectivity index (χ2n) is 6.62. The van der Waals surface area contributed by atoms with E-state index < -0.39 is 11.7 Å². The molecule has 0 aliphatic heterocycles. The van der Waals surface area contributed by atoms with E-state index in [1.807, 2.05) is 26.0 Å². The van der Waals surface area contributed by atoms with E-state index in [0.717, 1.165) is 17.2 Å². The molecule has 0 fully saturated rings. The van der Waals surface area contributed by atoms with Gasteiger partial charge < -0.3 is 14.8 Å². The van der Waals surface area contributed by atoms with E-state index in [2.05, 4.69) is 10.3 Å². The van der Waals surface area contributed by atoms with E-state index in [4.69, 9.17) is 4.42 Å². The first-order valence-electron chi connectivity index (χ1n) is 8.69. The number of hydrogen-bond donors (Lipinski definition) is 2. The topological polar surface area (TPSA) is 75.4 Å². The summed E-state index contributed by atoms with van der Waals surface area (Å²) in [5, 5.41) is 13.0. The molecule has 4 rings (SSSR count). The molecule has 0 saturated carbocycles. The Morgan fingerprint density at radius 2 is 1.86 bits per heavy atom. The first kappa shape index (κ1) is 17.7. The number of halogens is 1. The first-order valence-corrected chi connectivity index (χ1v) is 8.69. The predicted octanol–water partition coefficient (Wildman–Crippen LogP) is 5.21. The molecule has 1 heterocycles. The van der Waals surface area contributed by atoms with Gasteiger partial charge in [0.15, 0.2) is 5.58 Å². The van der Waals surface area contributed by atoms with Gasteiger partial charge in [0.1, 0.15) is 17.1 Å². The highest BCUT2D eigenvalue weighted by Gasteiger charge is 2.15. The summed E-state index contributed by atoms with van der Waals surface area (Å²) in [5.41, 5.74) is 4.52. The van der Waals surface area contributed by atoms with Gasteiger partial charge in [0.05, 0.1) is 5.56 Å². The third kappa shape index (κ3) is 3.32. The Morgan fingerprint density at radius 1 is 1.07 bits per heavy atom. The average Bonchev–Trinajstić information content (AvgIpc) is 3.04. The van der Waals surface area contributed by atoms with Gasteiger partial charge in [-0.15, -0.1) is 0 Å². The molecular weight excluding hydrogens is 359 g/mol. The third-order valence-electron chi connectivity index (χ3n) is 4.58. The van der Waals surface area contributed by atoms with Crippen molar-refractivity contribution in [3.63, 3.8) is 0 Å². The molecule has 140 valence electrons. The third-order valence-corrected chi connectivity index (χ3v) is 4.58. The van der Waals surface area contributed by atoms with Crippen LogP contribution in [0.4, 0.5) is 10.1 Å². The quantitative estimate of drug-likeness (QED) is 0.515. The SMILES string of the molecule is Cc1cc2nc(-c3ccc(NC(=O)c4cccc(F)c4)cc3O)oc2cc1C. The first-order chi connectivity index (χ1) is 13.4. The maximum Gasteiger partial charge on any atom is 0.255 e. The lowest BCUT2D eigenvalue weighted by Gasteiger charge is -2.07. The zero-order chi connectivity index (χ0) is 19.8. The van der Waals surface area contributed by atoms with Crippen LogP contribution in [0.1, 0.15) is 21.5 Å². The number of amides is 1. The molecule has 0 atom stereocenters. The van der Waals surface area contributed by atoms with Crippen LogP contribution in [0.3, 0.4) is 0 Å². The second kappa shape index (κ2) is 6.81. The number of aromatic hydroxyl groups is 1.